The van der Waals surface area contributed by atoms with E-state index in [0.717, 1.165) is 11.3 Å². The molecule has 0 aliphatic heterocycles. The van der Waals surface area contributed by atoms with Crippen molar-refractivity contribution in [2.24, 2.45) is 5.73 Å². The first-order valence-corrected chi connectivity index (χ1v) is 5.59. The third-order valence-electron chi connectivity index (χ3n) is 2.48. The fourth-order valence-corrected chi connectivity index (χ4v) is 1.69. The van der Waals surface area contributed by atoms with Gasteiger partial charge in [0.15, 0.2) is 0 Å². The molecule has 0 amide bonds. The Bertz CT molecular complexity index is 498. The lowest BCUT2D eigenvalue weighted by Crippen LogP contribution is -2.15. The summed E-state index contributed by atoms with van der Waals surface area (Å²) in [5.74, 6) is 0.593. The molecule has 0 fully saturated rings. The van der Waals surface area contributed by atoms with Gasteiger partial charge in [0.25, 0.3) is 0 Å². The second kappa shape index (κ2) is 5.12. The predicted octanol–water partition coefficient (Wildman–Crippen LogP) is 2.36. The summed E-state index contributed by atoms with van der Waals surface area (Å²) >= 11 is 5.76. The van der Waals surface area contributed by atoms with E-state index >= 15 is 0 Å². The van der Waals surface area contributed by atoms with Crippen LogP contribution in [-0.4, -0.2) is 17.0 Å². The minimum atomic E-state index is 0.480. The Morgan fingerprint density at radius 2 is 1.88 bits per heavy atom. The van der Waals surface area contributed by atoms with Gasteiger partial charge >= 0.3 is 0 Å². The molecule has 1 aromatic heterocycles. The van der Waals surface area contributed by atoms with Crippen LogP contribution in [0.3, 0.4) is 0 Å². The number of para-hydroxylation sites is 1. The highest BCUT2D eigenvalue weighted by Crippen LogP contribution is 2.24. The van der Waals surface area contributed by atoms with Crippen LogP contribution in [0.5, 0.6) is 0 Å². The first-order valence-electron chi connectivity index (χ1n) is 5.21. The summed E-state index contributed by atoms with van der Waals surface area (Å²) in [5, 5.41) is 0.522. The van der Waals surface area contributed by atoms with E-state index in [-0.39, 0.29) is 0 Å². The van der Waals surface area contributed by atoms with Crippen molar-refractivity contribution in [2.75, 3.05) is 11.9 Å². The first-order chi connectivity index (χ1) is 8.22. The Morgan fingerprint density at radius 1 is 1.24 bits per heavy atom. The van der Waals surface area contributed by atoms with Gasteiger partial charge < -0.3 is 10.6 Å². The van der Waals surface area contributed by atoms with Gasteiger partial charge in [0.1, 0.15) is 0 Å². The van der Waals surface area contributed by atoms with Gasteiger partial charge in [-0.05, 0) is 11.6 Å². The molecule has 1 aromatic carbocycles. The van der Waals surface area contributed by atoms with Gasteiger partial charge in [0, 0.05) is 19.3 Å². The number of hydrogen-bond donors (Lipinski definition) is 1. The van der Waals surface area contributed by atoms with Gasteiger partial charge in [-0.3, -0.25) is 0 Å². The third kappa shape index (κ3) is 2.54. The highest BCUT2D eigenvalue weighted by atomic mass is 35.5. The molecule has 0 atom stereocenters. The molecule has 0 unspecified atom stereocenters. The van der Waals surface area contributed by atoms with E-state index in [1.54, 1.807) is 12.4 Å². The number of nitrogens with zero attached hydrogens (tertiary/aromatic N) is 3. The van der Waals surface area contributed by atoms with Gasteiger partial charge in [-0.2, -0.15) is 0 Å². The average Bonchev–Trinajstić information content (AvgIpc) is 2.39. The molecule has 0 spiro atoms. The van der Waals surface area contributed by atoms with Crippen molar-refractivity contribution in [1.82, 2.24) is 9.97 Å². The lowest BCUT2D eigenvalue weighted by Gasteiger charge is -2.19. The van der Waals surface area contributed by atoms with Crippen LogP contribution in [-0.2, 0) is 6.54 Å². The topological polar surface area (TPSA) is 55.0 Å². The fourth-order valence-electron chi connectivity index (χ4n) is 1.60. The zero-order chi connectivity index (χ0) is 12.3. The molecule has 1 heterocycles. The zero-order valence-corrected chi connectivity index (χ0v) is 10.2. The monoisotopic (exact) mass is 248 g/mol. The second-order valence-corrected chi connectivity index (χ2v) is 4.03. The number of halogens is 1. The average molecular weight is 249 g/mol. The number of benzene rings is 1. The highest BCUT2D eigenvalue weighted by molar-refractivity contribution is 6.30. The van der Waals surface area contributed by atoms with Crippen LogP contribution in [0.25, 0.3) is 0 Å². The standard InChI is InChI=1S/C12H13ClN4/c1-17(12-15-7-10(13)8-16-12)11-5-3-2-4-9(11)6-14/h2-5,7-8H,6,14H2,1H3. The minimum Gasteiger partial charge on any atom is -0.326 e. The molecule has 0 saturated heterocycles. The molecule has 0 aliphatic rings. The summed E-state index contributed by atoms with van der Waals surface area (Å²) in [6.07, 6.45) is 3.15. The Morgan fingerprint density at radius 3 is 2.53 bits per heavy atom. The maximum absolute atomic E-state index is 5.76. The molecule has 2 aromatic rings. The Balaban J connectivity index is 2.36. The van der Waals surface area contributed by atoms with Crippen LogP contribution >= 0.6 is 11.6 Å². The largest absolute Gasteiger partial charge is 0.326 e. The molecule has 4 nitrogen and oxygen atoms in total. The van der Waals surface area contributed by atoms with E-state index in [1.807, 2.05) is 36.2 Å². The normalized spacial score (nSPS) is 10.3. The van der Waals surface area contributed by atoms with Crippen molar-refractivity contribution in [2.45, 2.75) is 6.54 Å². The predicted molar refractivity (Wildman–Crippen MR) is 69.4 cm³/mol. The van der Waals surface area contributed by atoms with Crippen LogP contribution in [0.15, 0.2) is 36.7 Å². The molecule has 0 saturated carbocycles. The fraction of sp³-hybridized carbons (Fsp3) is 0.167. The maximum Gasteiger partial charge on any atom is 0.229 e. The van der Waals surface area contributed by atoms with E-state index in [1.165, 1.54) is 0 Å². The van der Waals surface area contributed by atoms with Gasteiger partial charge in [0.05, 0.1) is 17.4 Å². The first kappa shape index (κ1) is 11.8. The molecular weight excluding hydrogens is 236 g/mol. The summed E-state index contributed by atoms with van der Waals surface area (Å²) < 4.78 is 0. The van der Waals surface area contributed by atoms with Crippen molar-refractivity contribution in [3.63, 3.8) is 0 Å². The number of rotatable bonds is 3. The summed E-state index contributed by atoms with van der Waals surface area (Å²) in [6, 6.07) is 7.89. The van der Waals surface area contributed by atoms with E-state index in [0.29, 0.717) is 17.5 Å². The SMILES string of the molecule is CN(c1ncc(Cl)cn1)c1ccccc1CN. The Labute approximate surface area is 105 Å². The molecular formula is C12H13ClN4. The smallest absolute Gasteiger partial charge is 0.229 e. The number of hydrogen-bond acceptors (Lipinski definition) is 4. The Hall–Kier alpha value is -1.65. The number of aromatic nitrogens is 2. The maximum atomic E-state index is 5.76. The molecule has 88 valence electrons. The minimum absolute atomic E-state index is 0.480. The van der Waals surface area contributed by atoms with Gasteiger partial charge in [-0.1, -0.05) is 29.8 Å². The van der Waals surface area contributed by atoms with E-state index < -0.39 is 0 Å². The zero-order valence-electron chi connectivity index (χ0n) is 9.47. The lowest BCUT2D eigenvalue weighted by molar-refractivity contribution is 1.00. The third-order valence-corrected chi connectivity index (χ3v) is 2.67. The number of nitrogens with two attached hydrogens (primary N) is 1. The van der Waals surface area contributed by atoms with Crippen molar-refractivity contribution in [3.8, 4) is 0 Å². The molecule has 2 N–H and O–H groups in total. The van der Waals surface area contributed by atoms with Crippen molar-refractivity contribution in [1.29, 1.82) is 0 Å². The molecule has 2 rings (SSSR count). The molecule has 0 aliphatic carbocycles. The number of anilines is 2. The summed E-state index contributed by atoms with van der Waals surface area (Å²) in [7, 11) is 1.90. The van der Waals surface area contributed by atoms with Crippen LogP contribution in [0.2, 0.25) is 5.02 Å². The summed E-state index contributed by atoms with van der Waals surface area (Å²) in [4.78, 5) is 10.2. The second-order valence-electron chi connectivity index (χ2n) is 3.59. The van der Waals surface area contributed by atoms with Crippen molar-refractivity contribution < 1.29 is 0 Å². The van der Waals surface area contributed by atoms with E-state index in [4.69, 9.17) is 17.3 Å². The van der Waals surface area contributed by atoms with Crippen LogP contribution in [0.1, 0.15) is 5.56 Å². The Kier molecular flexibility index (Phi) is 3.56. The lowest BCUT2D eigenvalue weighted by atomic mass is 10.1. The van der Waals surface area contributed by atoms with Gasteiger partial charge in [-0.25, -0.2) is 9.97 Å². The van der Waals surface area contributed by atoms with E-state index in [9.17, 15) is 0 Å². The molecule has 17 heavy (non-hydrogen) atoms. The molecule has 0 bridgehead atoms. The van der Waals surface area contributed by atoms with Crippen molar-refractivity contribution >= 4 is 23.2 Å². The van der Waals surface area contributed by atoms with E-state index in [2.05, 4.69) is 9.97 Å². The van der Waals surface area contributed by atoms with Gasteiger partial charge in [0.2, 0.25) is 5.95 Å². The summed E-state index contributed by atoms with van der Waals surface area (Å²) in [5.41, 5.74) is 7.75. The highest BCUT2D eigenvalue weighted by Gasteiger charge is 2.09. The van der Waals surface area contributed by atoms with Crippen LogP contribution in [0, 0.1) is 0 Å². The van der Waals surface area contributed by atoms with Gasteiger partial charge in [-0.15, -0.1) is 0 Å². The van der Waals surface area contributed by atoms with Crippen LogP contribution in [0.4, 0.5) is 11.6 Å². The summed E-state index contributed by atoms with van der Waals surface area (Å²) in [6.45, 7) is 0.480. The molecule has 0 radical (unpaired) electrons. The quantitative estimate of drug-likeness (QED) is 0.906. The van der Waals surface area contributed by atoms with Crippen LogP contribution < -0.4 is 10.6 Å². The van der Waals surface area contributed by atoms with Crippen molar-refractivity contribution in [3.05, 3.63) is 47.2 Å². The molecule has 5 heteroatoms.